The largest absolute Gasteiger partial charge is 0.481 e. The molecule has 0 unspecified atom stereocenters. The van der Waals surface area contributed by atoms with Crippen molar-refractivity contribution >= 4 is 29.3 Å². The fraction of sp³-hybridized carbons (Fsp3) is 0.417. The van der Waals surface area contributed by atoms with Crippen molar-refractivity contribution in [2.75, 3.05) is 6.26 Å². The summed E-state index contributed by atoms with van der Waals surface area (Å²) in [6.07, 6.45) is 2.44. The summed E-state index contributed by atoms with van der Waals surface area (Å²) in [5.41, 5.74) is 0.194. The Morgan fingerprint density at radius 1 is 1.50 bits per heavy atom. The second-order valence-corrected chi connectivity index (χ2v) is 5.59. The van der Waals surface area contributed by atoms with Crippen LogP contribution in [0.4, 0.5) is 0 Å². The predicted octanol–water partition coefficient (Wildman–Crippen LogP) is 3.72. The van der Waals surface area contributed by atoms with Crippen molar-refractivity contribution in [1.29, 1.82) is 0 Å². The SMILES string of the molecule is CSc1ccc(CC(C)(C)C(=O)O)cc1Cl. The molecule has 16 heavy (non-hydrogen) atoms. The quantitative estimate of drug-likeness (QED) is 0.837. The van der Waals surface area contributed by atoms with E-state index >= 15 is 0 Å². The highest BCUT2D eigenvalue weighted by Gasteiger charge is 2.27. The fourth-order valence-electron chi connectivity index (χ4n) is 1.41. The molecule has 1 aromatic rings. The molecule has 88 valence electrons. The molecule has 0 spiro atoms. The second-order valence-electron chi connectivity index (χ2n) is 4.33. The molecule has 0 saturated carbocycles. The monoisotopic (exact) mass is 258 g/mol. The zero-order valence-corrected chi connectivity index (χ0v) is 11.2. The lowest BCUT2D eigenvalue weighted by Gasteiger charge is -2.19. The van der Waals surface area contributed by atoms with Gasteiger partial charge in [-0.25, -0.2) is 0 Å². The number of thioether (sulfide) groups is 1. The molecular weight excluding hydrogens is 244 g/mol. The third-order valence-corrected chi connectivity index (χ3v) is 3.66. The number of carboxylic acid groups (broad SMARTS) is 1. The summed E-state index contributed by atoms with van der Waals surface area (Å²) in [5, 5.41) is 9.72. The number of rotatable bonds is 4. The van der Waals surface area contributed by atoms with E-state index in [1.807, 2.05) is 24.5 Å². The topological polar surface area (TPSA) is 37.3 Å². The molecule has 0 aliphatic carbocycles. The van der Waals surface area contributed by atoms with E-state index in [0.717, 1.165) is 10.5 Å². The van der Waals surface area contributed by atoms with E-state index in [1.54, 1.807) is 25.6 Å². The minimum absolute atomic E-state index is 0.483. The first-order chi connectivity index (χ1) is 7.36. The van der Waals surface area contributed by atoms with Crippen molar-refractivity contribution in [1.82, 2.24) is 0 Å². The van der Waals surface area contributed by atoms with Gasteiger partial charge in [-0.2, -0.15) is 0 Å². The van der Waals surface area contributed by atoms with Gasteiger partial charge in [-0.05, 0) is 44.2 Å². The lowest BCUT2D eigenvalue weighted by molar-refractivity contribution is -0.146. The molecule has 4 heteroatoms. The highest BCUT2D eigenvalue weighted by Crippen LogP contribution is 2.29. The number of halogens is 1. The lowest BCUT2D eigenvalue weighted by atomic mass is 9.86. The Bertz CT molecular complexity index is 402. The zero-order chi connectivity index (χ0) is 12.3. The minimum atomic E-state index is -0.794. The van der Waals surface area contributed by atoms with Crippen LogP contribution in [0.25, 0.3) is 0 Å². The lowest BCUT2D eigenvalue weighted by Crippen LogP contribution is -2.26. The predicted molar refractivity (Wildman–Crippen MR) is 68.4 cm³/mol. The van der Waals surface area contributed by atoms with Crippen LogP contribution >= 0.6 is 23.4 Å². The number of carboxylic acids is 1. The van der Waals surface area contributed by atoms with Crippen molar-refractivity contribution in [3.05, 3.63) is 28.8 Å². The first-order valence-corrected chi connectivity index (χ1v) is 6.53. The highest BCUT2D eigenvalue weighted by molar-refractivity contribution is 7.98. The van der Waals surface area contributed by atoms with Gasteiger partial charge in [0.1, 0.15) is 0 Å². The molecule has 0 radical (unpaired) electrons. The van der Waals surface area contributed by atoms with E-state index < -0.39 is 11.4 Å². The summed E-state index contributed by atoms with van der Waals surface area (Å²) < 4.78 is 0. The van der Waals surface area contributed by atoms with Gasteiger partial charge in [0, 0.05) is 4.90 Å². The van der Waals surface area contributed by atoms with Gasteiger partial charge in [-0.15, -0.1) is 11.8 Å². The molecule has 1 rings (SSSR count). The van der Waals surface area contributed by atoms with E-state index in [1.165, 1.54) is 0 Å². The molecule has 2 nitrogen and oxygen atoms in total. The Morgan fingerprint density at radius 3 is 2.56 bits per heavy atom. The average Bonchev–Trinajstić information content (AvgIpc) is 2.17. The Balaban J connectivity index is 2.91. The second kappa shape index (κ2) is 5.11. The molecule has 1 N–H and O–H groups in total. The average molecular weight is 259 g/mol. The van der Waals surface area contributed by atoms with Crippen LogP contribution in [0.2, 0.25) is 5.02 Å². The van der Waals surface area contributed by atoms with Gasteiger partial charge >= 0.3 is 5.97 Å². The third-order valence-electron chi connectivity index (χ3n) is 2.44. The Labute approximate surface area is 105 Å². The number of aliphatic carboxylic acids is 1. The third kappa shape index (κ3) is 3.16. The van der Waals surface area contributed by atoms with Gasteiger partial charge in [0.15, 0.2) is 0 Å². The molecule has 0 atom stereocenters. The van der Waals surface area contributed by atoms with Gasteiger partial charge in [0.05, 0.1) is 10.4 Å². The summed E-state index contributed by atoms with van der Waals surface area (Å²) >= 11 is 7.65. The van der Waals surface area contributed by atoms with Crippen molar-refractivity contribution in [3.63, 3.8) is 0 Å². The smallest absolute Gasteiger partial charge is 0.309 e. The van der Waals surface area contributed by atoms with Crippen LogP contribution in [0.1, 0.15) is 19.4 Å². The summed E-state index contributed by atoms with van der Waals surface area (Å²) in [6.45, 7) is 3.43. The van der Waals surface area contributed by atoms with Crippen molar-refractivity contribution in [3.8, 4) is 0 Å². The normalized spacial score (nSPS) is 11.5. The summed E-state index contributed by atoms with van der Waals surface area (Å²) in [4.78, 5) is 12.0. The maximum absolute atomic E-state index is 11.0. The molecule has 0 bridgehead atoms. The number of carbonyl (C=O) groups is 1. The van der Waals surface area contributed by atoms with E-state index in [2.05, 4.69) is 0 Å². The maximum Gasteiger partial charge on any atom is 0.309 e. The van der Waals surface area contributed by atoms with Gasteiger partial charge in [0.2, 0.25) is 0 Å². The first kappa shape index (κ1) is 13.4. The standard InChI is InChI=1S/C12H15ClO2S/c1-12(2,11(14)15)7-8-4-5-10(16-3)9(13)6-8/h4-6H,7H2,1-3H3,(H,14,15). The van der Waals surface area contributed by atoms with Crippen molar-refractivity contribution in [2.24, 2.45) is 5.41 Å². The van der Waals surface area contributed by atoms with Crippen LogP contribution in [0.15, 0.2) is 23.1 Å². The summed E-state index contributed by atoms with van der Waals surface area (Å²) in [6, 6.07) is 5.71. The van der Waals surface area contributed by atoms with Crippen molar-refractivity contribution < 1.29 is 9.90 Å². The summed E-state index contributed by atoms with van der Waals surface area (Å²) in [7, 11) is 0. The van der Waals surface area contributed by atoms with Gasteiger partial charge in [-0.3, -0.25) is 4.79 Å². The minimum Gasteiger partial charge on any atom is -0.481 e. The molecule has 0 saturated heterocycles. The molecule has 0 aliphatic rings. The van der Waals surface area contributed by atoms with Crippen molar-refractivity contribution in [2.45, 2.75) is 25.2 Å². The first-order valence-electron chi connectivity index (χ1n) is 4.92. The molecule has 0 aromatic heterocycles. The van der Waals surface area contributed by atoms with Crippen LogP contribution in [-0.4, -0.2) is 17.3 Å². The number of benzene rings is 1. The maximum atomic E-state index is 11.0. The van der Waals surface area contributed by atoms with E-state index in [0.29, 0.717) is 11.4 Å². The van der Waals surface area contributed by atoms with Gasteiger partial charge in [-0.1, -0.05) is 17.7 Å². The number of hydrogen-bond acceptors (Lipinski definition) is 2. The van der Waals surface area contributed by atoms with E-state index in [-0.39, 0.29) is 0 Å². The Hall–Kier alpha value is -0.670. The van der Waals surface area contributed by atoms with Crippen LogP contribution in [-0.2, 0) is 11.2 Å². The Kier molecular flexibility index (Phi) is 4.28. The molecule has 0 heterocycles. The summed E-state index contributed by atoms with van der Waals surface area (Å²) in [5.74, 6) is -0.794. The fourth-order valence-corrected chi connectivity index (χ4v) is 2.30. The molecule has 0 amide bonds. The molecule has 0 fully saturated rings. The van der Waals surface area contributed by atoms with E-state index in [9.17, 15) is 4.79 Å². The highest BCUT2D eigenvalue weighted by atomic mass is 35.5. The molecular formula is C12H15ClO2S. The molecule has 0 aliphatic heterocycles. The molecule has 1 aromatic carbocycles. The number of hydrogen-bond donors (Lipinski definition) is 1. The van der Waals surface area contributed by atoms with Gasteiger partial charge in [0.25, 0.3) is 0 Å². The van der Waals surface area contributed by atoms with Crippen LogP contribution < -0.4 is 0 Å². The zero-order valence-electron chi connectivity index (χ0n) is 9.58. The van der Waals surface area contributed by atoms with E-state index in [4.69, 9.17) is 16.7 Å². The Morgan fingerprint density at radius 2 is 2.12 bits per heavy atom. The van der Waals surface area contributed by atoms with Crippen LogP contribution in [0.5, 0.6) is 0 Å². The van der Waals surface area contributed by atoms with Crippen LogP contribution in [0.3, 0.4) is 0 Å². The van der Waals surface area contributed by atoms with Crippen LogP contribution in [0, 0.1) is 5.41 Å². The van der Waals surface area contributed by atoms with Gasteiger partial charge < -0.3 is 5.11 Å².